The molecule has 1 aliphatic heterocycles. The molecule has 0 fully saturated rings. The van der Waals surface area contributed by atoms with Gasteiger partial charge in [0, 0.05) is 12.6 Å². The second kappa shape index (κ2) is 8.38. The molecule has 0 amide bonds. The number of aliphatic hydroxyl groups is 1. The molecular weight excluding hydrogens is 398 g/mol. The van der Waals surface area contributed by atoms with E-state index >= 15 is 0 Å². The number of ketones is 1. The Hall–Kier alpha value is -2.65. The number of rotatable bonds is 6. The normalized spacial score (nSPS) is 17.3. The van der Waals surface area contributed by atoms with Crippen molar-refractivity contribution >= 4 is 29.2 Å². The molecule has 0 radical (unpaired) electrons. The van der Waals surface area contributed by atoms with Crippen molar-refractivity contribution in [1.29, 1.82) is 0 Å². The Balaban J connectivity index is 2.03. The van der Waals surface area contributed by atoms with Crippen LogP contribution < -0.4 is 20.1 Å². The summed E-state index contributed by atoms with van der Waals surface area (Å²) in [6, 6.07) is 1.75. The lowest BCUT2D eigenvalue weighted by atomic mass is 9.84. The van der Waals surface area contributed by atoms with E-state index < -0.39 is 12.0 Å². The Bertz CT molecular complexity index is 924. The largest absolute Gasteiger partial charge is 0.493 e. The number of methoxy groups -OCH3 is 2. The van der Waals surface area contributed by atoms with Gasteiger partial charge in [-0.2, -0.15) is 4.98 Å². The van der Waals surface area contributed by atoms with E-state index in [2.05, 4.69) is 15.0 Å². The second-order valence-corrected chi connectivity index (χ2v) is 7.55. The van der Waals surface area contributed by atoms with Crippen LogP contribution in [0.4, 0.5) is 11.8 Å². The summed E-state index contributed by atoms with van der Waals surface area (Å²) >= 11 is 6.24. The minimum absolute atomic E-state index is 0.0246. The summed E-state index contributed by atoms with van der Waals surface area (Å²) in [4.78, 5) is 27.4. The summed E-state index contributed by atoms with van der Waals surface area (Å²) in [6.07, 6.45) is 0.719. The summed E-state index contributed by atoms with van der Waals surface area (Å²) in [6.45, 7) is 4.26. The molecule has 0 aromatic carbocycles. The number of Topliss-reactive ketones (excluding diaryl/α,β-unsaturated/α-hetero) is 1. The number of nitrogen functional groups attached to an aromatic ring is 1. The standard InChI is InChI=1S/C19H24ClN5O4/c1-9(2)15(26)11-8-25(7-10-5-12(28-3)13(29-4)6-22-10)18-14(16(11)27)17(20)23-19(21)24-18/h5-6,9,11,15,26H,7-8H2,1-4H3,(H2,21,23,24). The SMILES string of the molecule is COc1cnc(CN2CC(C(O)C(C)C)C(=O)c3c(Cl)nc(N)nc32)cc1OC. The third-order valence-corrected chi connectivity index (χ3v) is 5.21. The van der Waals surface area contributed by atoms with E-state index in [0.717, 1.165) is 0 Å². The molecule has 2 aromatic heterocycles. The number of ether oxygens (including phenoxy) is 2. The maximum absolute atomic E-state index is 13.0. The summed E-state index contributed by atoms with van der Waals surface area (Å²) < 4.78 is 10.6. The molecule has 0 aliphatic carbocycles. The molecule has 29 heavy (non-hydrogen) atoms. The van der Waals surface area contributed by atoms with Gasteiger partial charge in [0.05, 0.1) is 50.2 Å². The van der Waals surface area contributed by atoms with Crippen LogP contribution in [-0.2, 0) is 6.54 Å². The average Bonchev–Trinajstić information content (AvgIpc) is 2.68. The van der Waals surface area contributed by atoms with Crippen LogP contribution in [0.3, 0.4) is 0 Å². The fraction of sp³-hybridized carbons (Fsp3) is 0.474. The third-order valence-electron chi connectivity index (χ3n) is 4.94. The number of aromatic nitrogens is 3. The van der Waals surface area contributed by atoms with E-state index in [1.165, 1.54) is 7.11 Å². The number of hydrogen-bond donors (Lipinski definition) is 2. The highest BCUT2D eigenvalue weighted by Gasteiger charge is 2.40. The Morgan fingerprint density at radius 2 is 2.00 bits per heavy atom. The number of aliphatic hydroxyl groups excluding tert-OH is 1. The van der Waals surface area contributed by atoms with Gasteiger partial charge in [-0.25, -0.2) is 4.98 Å². The zero-order valence-corrected chi connectivity index (χ0v) is 17.5. The molecule has 2 unspecified atom stereocenters. The van der Waals surface area contributed by atoms with Gasteiger partial charge < -0.3 is 25.2 Å². The van der Waals surface area contributed by atoms with Crippen molar-refractivity contribution in [2.75, 3.05) is 31.4 Å². The van der Waals surface area contributed by atoms with Crippen molar-refractivity contribution in [3.8, 4) is 11.5 Å². The number of carbonyl (C=O) groups is 1. The van der Waals surface area contributed by atoms with Crippen LogP contribution in [-0.4, -0.2) is 52.7 Å². The zero-order valence-electron chi connectivity index (χ0n) is 16.7. The predicted octanol–water partition coefficient (Wildman–Crippen LogP) is 1.96. The molecule has 0 saturated carbocycles. The van der Waals surface area contributed by atoms with E-state index in [-0.39, 0.29) is 34.9 Å². The molecule has 156 valence electrons. The molecule has 0 spiro atoms. The first-order chi connectivity index (χ1) is 13.8. The van der Waals surface area contributed by atoms with Crippen LogP contribution in [0.25, 0.3) is 0 Å². The molecule has 0 saturated heterocycles. The first kappa shape index (κ1) is 21.1. The highest BCUT2D eigenvalue weighted by Crippen LogP contribution is 2.36. The summed E-state index contributed by atoms with van der Waals surface area (Å²) in [5.41, 5.74) is 6.59. The molecular formula is C19H24ClN5O4. The Kier molecular flexibility index (Phi) is 6.09. The van der Waals surface area contributed by atoms with E-state index in [1.807, 2.05) is 18.7 Å². The highest BCUT2D eigenvalue weighted by atomic mass is 35.5. The van der Waals surface area contributed by atoms with Gasteiger partial charge in [0.25, 0.3) is 0 Å². The first-order valence-electron chi connectivity index (χ1n) is 9.13. The van der Waals surface area contributed by atoms with Gasteiger partial charge in [-0.05, 0) is 5.92 Å². The lowest BCUT2D eigenvalue weighted by Crippen LogP contribution is -2.46. The monoisotopic (exact) mass is 421 g/mol. The number of fused-ring (bicyclic) bond motifs is 1. The van der Waals surface area contributed by atoms with E-state index in [0.29, 0.717) is 29.6 Å². The number of halogens is 1. The van der Waals surface area contributed by atoms with Crippen molar-refractivity contribution in [2.45, 2.75) is 26.5 Å². The van der Waals surface area contributed by atoms with Crippen molar-refractivity contribution in [3.05, 3.63) is 28.7 Å². The maximum atomic E-state index is 13.0. The van der Waals surface area contributed by atoms with Crippen LogP contribution >= 0.6 is 11.6 Å². The molecule has 3 N–H and O–H groups in total. The van der Waals surface area contributed by atoms with Crippen LogP contribution in [0.2, 0.25) is 5.15 Å². The summed E-state index contributed by atoms with van der Waals surface area (Å²) in [5.74, 6) is 0.263. The minimum Gasteiger partial charge on any atom is -0.493 e. The van der Waals surface area contributed by atoms with E-state index in [4.69, 9.17) is 26.8 Å². The molecule has 2 aromatic rings. The summed E-state index contributed by atoms with van der Waals surface area (Å²) in [5, 5.41) is 10.6. The van der Waals surface area contributed by atoms with Crippen molar-refractivity contribution in [2.24, 2.45) is 11.8 Å². The minimum atomic E-state index is -0.842. The van der Waals surface area contributed by atoms with Crippen LogP contribution in [0.5, 0.6) is 11.5 Å². The number of anilines is 2. The molecule has 2 atom stereocenters. The fourth-order valence-corrected chi connectivity index (χ4v) is 3.66. The number of carbonyl (C=O) groups excluding carboxylic acids is 1. The molecule has 3 rings (SSSR count). The molecule has 9 nitrogen and oxygen atoms in total. The van der Waals surface area contributed by atoms with Crippen LogP contribution in [0.1, 0.15) is 29.9 Å². The smallest absolute Gasteiger partial charge is 0.223 e. The van der Waals surface area contributed by atoms with Crippen LogP contribution in [0, 0.1) is 11.8 Å². The zero-order chi connectivity index (χ0) is 21.3. The molecule has 3 heterocycles. The maximum Gasteiger partial charge on any atom is 0.223 e. The van der Waals surface area contributed by atoms with Gasteiger partial charge >= 0.3 is 0 Å². The fourth-order valence-electron chi connectivity index (χ4n) is 3.40. The van der Waals surface area contributed by atoms with Gasteiger partial charge in [0.1, 0.15) is 11.0 Å². The quantitative estimate of drug-likeness (QED) is 0.673. The van der Waals surface area contributed by atoms with E-state index in [1.54, 1.807) is 19.4 Å². The molecule has 1 aliphatic rings. The Labute approximate surface area is 173 Å². The number of nitrogens with zero attached hydrogens (tertiary/aromatic N) is 4. The number of nitrogens with two attached hydrogens (primary N) is 1. The topological polar surface area (TPSA) is 124 Å². The van der Waals surface area contributed by atoms with Crippen molar-refractivity contribution in [1.82, 2.24) is 15.0 Å². The van der Waals surface area contributed by atoms with Gasteiger partial charge in [-0.3, -0.25) is 9.78 Å². The van der Waals surface area contributed by atoms with E-state index in [9.17, 15) is 9.90 Å². The Morgan fingerprint density at radius 1 is 1.31 bits per heavy atom. The van der Waals surface area contributed by atoms with Crippen molar-refractivity contribution < 1.29 is 19.4 Å². The second-order valence-electron chi connectivity index (χ2n) is 7.19. The molecule has 10 heteroatoms. The lowest BCUT2D eigenvalue weighted by molar-refractivity contribution is 0.0505. The van der Waals surface area contributed by atoms with Gasteiger partial charge in [0.15, 0.2) is 17.3 Å². The predicted molar refractivity (Wildman–Crippen MR) is 109 cm³/mol. The third kappa shape index (κ3) is 4.06. The Morgan fingerprint density at radius 3 is 2.62 bits per heavy atom. The average molecular weight is 422 g/mol. The number of pyridine rings is 1. The number of hydrogen-bond acceptors (Lipinski definition) is 9. The van der Waals surface area contributed by atoms with Gasteiger partial charge in [-0.1, -0.05) is 25.4 Å². The van der Waals surface area contributed by atoms with Gasteiger partial charge in [-0.15, -0.1) is 0 Å². The van der Waals surface area contributed by atoms with Crippen molar-refractivity contribution in [3.63, 3.8) is 0 Å². The lowest BCUT2D eigenvalue weighted by Gasteiger charge is -2.37. The first-order valence-corrected chi connectivity index (χ1v) is 9.51. The summed E-state index contributed by atoms with van der Waals surface area (Å²) in [7, 11) is 3.07. The molecule has 0 bridgehead atoms. The highest BCUT2D eigenvalue weighted by molar-refractivity contribution is 6.34. The van der Waals surface area contributed by atoms with Crippen LogP contribution in [0.15, 0.2) is 12.3 Å². The van der Waals surface area contributed by atoms with Gasteiger partial charge in [0.2, 0.25) is 5.95 Å².